The van der Waals surface area contributed by atoms with Gasteiger partial charge in [0.2, 0.25) is 0 Å². The molecule has 0 aromatic carbocycles. The van der Waals surface area contributed by atoms with Crippen LogP contribution >= 0.6 is 11.3 Å². The van der Waals surface area contributed by atoms with Gasteiger partial charge in [-0.05, 0) is 6.92 Å². The molecule has 0 spiro atoms. The minimum Gasteiger partial charge on any atom is -0.381 e. The summed E-state index contributed by atoms with van der Waals surface area (Å²) < 4.78 is 0. The third-order valence-electron chi connectivity index (χ3n) is 1.39. The van der Waals surface area contributed by atoms with E-state index >= 15 is 0 Å². The number of hydrogen-bond acceptors (Lipinski definition) is 4. The van der Waals surface area contributed by atoms with Crippen molar-refractivity contribution in [3.8, 4) is 6.07 Å². The number of aryl methyl sites for hydroxylation is 1. The molecule has 0 bridgehead atoms. The summed E-state index contributed by atoms with van der Waals surface area (Å²) in [4.78, 5) is 4.04. The number of aromatic nitrogens is 1. The van der Waals surface area contributed by atoms with Crippen LogP contribution in [0.3, 0.4) is 0 Å². The summed E-state index contributed by atoms with van der Waals surface area (Å²) in [6, 6.07) is 1.79. The predicted octanol–water partition coefficient (Wildman–Crippen LogP) is 1.56. The Morgan fingerprint density at radius 2 is 2.58 bits per heavy atom. The van der Waals surface area contributed by atoms with E-state index < -0.39 is 6.10 Å². The minimum atomic E-state index is -0.944. The molecule has 1 rings (SSSR count). The molecule has 1 heterocycles. The monoisotopic (exact) mass is 180 g/mol. The van der Waals surface area contributed by atoms with Crippen LogP contribution in [0.25, 0.3) is 0 Å². The van der Waals surface area contributed by atoms with Crippen molar-refractivity contribution in [1.82, 2.24) is 4.98 Å². The highest BCUT2D eigenvalue weighted by molar-refractivity contribution is 7.09. The Hall–Kier alpha value is -1.18. The van der Waals surface area contributed by atoms with Crippen LogP contribution in [0.1, 0.15) is 16.8 Å². The Labute approximate surface area is 74.6 Å². The second kappa shape index (κ2) is 3.48. The summed E-state index contributed by atoms with van der Waals surface area (Å²) in [5.41, 5.74) is 0.629. The fourth-order valence-corrected chi connectivity index (χ4v) is 1.38. The van der Waals surface area contributed by atoms with Crippen molar-refractivity contribution in [3.05, 3.63) is 28.2 Å². The lowest BCUT2D eigenvalue weighted by Gasteiger charge is -2.02. The molecule has 1 atom stereocenters. The van der Waals surface area contributed by atoms with E-state index in [0.717, 1.165) is 5.01 Å². The highest BCUT2D eigenvalue weighted by Gasteiger charge is 2.13. The summed E-state index contributed by atoms with van der Waals surface area (Å²) >= 11 is 1.44. The average Bonchev–Trinajstić information content (AvgIpc) is 2.49. The first kappa shape index (κ1) is 8.91. The van der Waals surface area contributed by atoms with Crippen LogP contribution in [0, 0.1) is 18.3 Å². The van der Waals surface area contributed by atoms with Crippen LogP contribution in [0.5, 0.6) is 0 Å². The molecule has 0 amide bonds. The lowest BCUT2D eigenvalue weighted by molar-refractivity contribution is 0.216. The maximum Gasteiger partial charge on any atom is 0.131 e. The molecule has 0 fully saturated rings. The van der Waals surface area contributed by atoms with Gasteiger partial charge in [-0.15, -0.1) is 11.3 Å². The van der Waals surface area contributed by atoms with E-state index in [1.54, 1.807) is 11.4 Å². The van der Waals surface area contributed by atoms with E-state index in [2.05, 4.69) is 11.6 Å². The van der Waals surface area contributed by atoms with Gasteiger partial charge in [0.1, 0.15) is 6.10 Å². The predicted molar refractivity (Wildman–Crippen MR) is 46.6 cm³/mol. The van der Waals surface area contributed by atoms with Crippen molar-refractivity contribution < 1.29 is 5.11 Å². The maximum atomic E-state index is 9.42. The molecule has 1 aromatic rings. The van der Waals surface area contributed by atoms with E-state index in [1.165, 1.54) is 11.3 Å². The zero-order valence-corrected chi connectivity index (χ0v) is 7.43. The van der Waals surface area contributed by atoms with Crippen LogP contribution in [-0.4, -0.2) is 10.1 Å². The van der Waals surface area contributed by atoms with Crippen molar-refractivity contribution in [2.24, 2.45) is 0 Å². The molecule has 3 nitrogen and oxygen atoms in total. The average molecular weight is 180 g/mol. The molecule has 0 saturated heterocycles. The molecule has 12 heavy (non-hydrogen) atoms. The highest BCUT2D eigenvalue weighted by Crippen LogP contribution is 2.20. The van der Waals surface area contributed by atoms with E-state index in [1.807, 2.05) is 6.92 Å². The molecule has 0 saturated carbocycles. The standard InChI is InChI=1S/C8H8N2OS/c1-5(3-9)8(11)7-4-12-6(2)10-7/h4,8,11H,1H2,2H3. The van der Waals surface area contributed by atoms with Crippen molar-refractivity contribution in [1.29, 1.82) is 5.26 Å². The number of aliphatic hydroxyl groups is 1. The number of nitriles is 1. The third kappa shape index (κ3) is 1.70. The first-order valence-corrected chi connectivity index (χ1v) is 4.22. The fourth-order valence-electron chi connectivity index (χ4n) is 0.745. The van der Waals surface area contributed by atoms with Gasteiger partial charge < -0.3 is 5.11 Å². The SMILES string of the molecule is C=C(C#N)C(O)c1csc(C)n1. The van der Waals surface area contributed by atoms with Gasteiger partial charge >= 0.3 is 0 Å². The number of nitrogens with zero attached hydrogens (tertiary/aromatic N) is 2. The van der Waals surface area contributed by atoms with Crippen LogP contribution < -0.4 is 0 Å². The van der Waals surface area contributed by atoms with Gasteiger partial charge in [-0.3, -0.25) is 0 Å². The number of hydrogen-bond donors (Lipinski definition) is 1. The van der Waals surface area contributed by atoms with E-state index in [9.17, 15) is 5.11 Å². The number of rotatable bonds is 2. The van der Waals surface area contributed by atoms with Crippen molar-refractivity contribution in [3.63, 3.8) is 0 Å². The molecule has 62 valence electrons. The van der Waals surface area contributed by atoms with Crippen LogP contribution in [0.2, 0.25) is 0 Å². The molecule has 1 unspecified atom stereocenters. The zero-order valence-electron chi connectivity index (χ0n) is 6.61. The third-order valence-corrected chi connectivity index (χ3v) is 2.18. The molecule has 1 N–H and O–H groups in total. The van der Waals surface area contributed by atoms with Gasteiger partial charge in [-0.2, -0.15) is 5.26 Å². The summed E-state index contributed by atoms with van der Waals surface area (Å²) in [6.45, 7) is 5.26. The molecule has 0 radical (unpaired) electrons. The lowest BCUT2D eigenvalue weighted by Crippen LogP contribution is -1.99. The maximum absolute atomic E-state index is 9.42. The van der Waals surface area contributed by atoms with Crippen LogP contribution in [-0.2, 0) is 0 Å². The Morgan fingerprint density at radius 3 is 3.00 bits per heavy atom. The summed E-state index contributed by atoms with van der Waals surface area (Å²) in [5.74, 6) is 0. The molecule has 4 heteroatoms. The Bertz CT molecular complexity index is 337. The summed E-state index contributed by atoms with van der Waals surface area (Å²) in [6.07, 6.45) is -0.944. The minimum absolute atomic E-state index is 0.125. The van der Waals surface area contributed by atoms with Gasteiger partial charge in [-0.25, -0.2) is 4.98 Å². The van der Waals surface area contributed by atoms with Gasteiger partial charge in [0.05, 0.1) is 22.3 Å². The van der Waals surface area contributed by atoms with Gasteiger partial charge in [0.15, 0.2) is 0 Å². The number of aliphatic hydroxyl groups excluding tert-OH is 1. The Kier molecular flexibility index (Phi) is 2.58. The van der Waals surface area contributed by atoms with Gasteiger partial charge in [0, 0.05) is 5.38 Å². The summed E-state index contributed by atoms with van der Waals surface area (Å²) in [5, 5.41) is 20.5. The van der Waals surface area contributed by atoms with Crippen LogP contribution in [0.15, 0.2) is 17.5 Å². The molecule has 0 aliphatic heterocycles. The summed E-state index contributed by atoms with van der Waals surface area (Å²) in [7, 11) is 0. The van der Waals surface area contributed by atoms with Gasteiger partial charge in [0.25, 0.3) is 0 Å². The molecular weight excluding hydrogens is 172 g/mol. The van der Waals surface area contributed by atoms with Crippen molar-refractivity contribution in [2.75, 3.05) is 0 Å². The quantitative estimate of drug-likeness (QED) is 0.703. The molecular formula is C8H8N2OS. The van der Waals surface area contributed by atoms with E-state index in [4.69, 9.17) is 5.26 Å². The smallest absolute Gasteiger partial charge is 0.131 e. The molecule has 1 aromatic heterocycles. The topological polar surface area (TPSA) is 56.9 Å². The Morgan fingerprint density at radius 1 is 1.92 bits per heavy atom. The van der Waals surface area contributed by atoms with Crippen molar-refractivity contribution in [2.45, 2.75) is 13.0 Å². The van der Waals surface area contributed by atoms with E-state index in [0.29, 0.717) is 5.69 Å². The molecule has 0 aliphatic carbocycles. The van der Waals surface area contributed by atoms with E-state index in [-0.39, 0.29) is 5.57 Å². The first-order valence-electron chi connectivity index (χ1n) is 3.34. The van der Waals surface area contributed by atoms with Crippen molar-refractivity contribution >= 4 is 11.3 Å². The largest absolute Gasteiger partial charge is 0.381 e. The van der Waals surface area contributed by atoms with Crippen LogP contribution in [0.4, 0.5) is 0 Å². The first-order chi connectivity index (χ1) is 5.65. The highest BCUT2D eigenvalue weighted by atomic mass is 32.1. The fraction of sp³-hybridized carbons (Fsp3) is 0.250. The Balaban J connectivity index is 2.86. The lowest BCUT2D eigenvalue weighted by atomic mass is 10.1. The van der Waals surface area contributed by atoms with Gasteiger partial charge in [-0.1, -0.05) is 6.58 Å². The molecule has 0 aliphatic rings. The zero-order chi connectivity index (χ0) is 9.14. The second-order valence-electron chi connectivity index (χ2n) is 2.33. The normalized spacial score (nSPS) is 12.1. The number of thiazole rings is 1. The second-order valence-corrected chi connectivity index (χ2v) is 3.39.